The van der Waals surface area contributed by atoms with Gasteiger partial charge in [-0.15, -0.1) is 0 Å². The van der Waals surface area contributed by atoms with Crippen molar-refractivity contribution in [2.75, 3.05) is 13.2 Å². The summed E-state index contributed by atoms with van der Waals surface area (Å²) in [4.78, 5) is 0. The molecule has 88 valence electrons. The van der Waals surface area contributed by atoms with Crippen molar-refractivity contribution in [1.29, 1.82) is 0 Å². The van der Waals surface area contributed by atoms with Gasteiger partial charge >= 0.3 is 0 Å². The molecule has 1 aliphatic rings. The van der Waals surface area contributed by atoms with E-state index in [0.29, 0.717) is 6.61 Å². The Kier molecular flexibility index (Phi) is 3.62. The van der Waals surface area contributed by atoms with Crippen molar-refractivity contribution < 1.29 is 4.74 Å². The summed E-state index contributed by atoms with van der Waals surface area (Å²) in [5, 5.41) is 0. The van der Waals surface area contributed by atoms with Crippen LogP contribution >= 0.6 is 0 Å². The molecule has 0 amide bonds. The molecule has 0 spiro atoms. The molecule has 1 atom stereocenters. The number of rotatable bonds is 5. The van der Waals surface area contributed by atoms with Gasteiger partial charge in [-0.3, -0.25) is 0 Å². The van der Waals surface area contributed by atoms with Crippen molar-refractivity contribution in [3.8, 4) is 0 Å². The lowest BCUT2D eigenvalue weighted by Crippen LogP contribution is -2.19. The maximum atomic E-state index is 6.15. The number of aryl methyl sites for hydroxylation is 2. The zero-order chi connectivity index (χ0) is 11.5. The Morgan fingerprint density at radius 1 is 1.38 bits per heavy atom. The van der Waals surface area contributed by atoms with Crippen molar-refractivity contribution in [3.05, 3.63) is 34.9 Å². The average Bonchev–Trinajstić information content (AvgIpc) is 3.05. The molecule has 0 aromatic heterocycles. The number of nitrogens with two attached hydrogens (primary N) is 1. The van der Waals surface area contributed by atoms with Crippen molar-refractivity contribution in [1.82, 2.24) is 0 Å². The molecular weight excluding hydrogens is 198 g/mol. The van der Waals surface area contributed by atoms with Gasteiger partial charge in [0.15, 0.2) is 0 Å². The van der Waals surface area contributed by atoms with Gasteiger partial charge in [-0.1, -0.05) is 23.8 Å². The van der Waals surface area contributed by atoms with Gasteiger partial charge in [0.05, 0.1) is 12.6 Å². The highest BCUT2D eigenvalue weighted by atomic mass is 16.5. The van der Waals surface area contributed by atoms with Crippen molar-refractivity contribution >= 4 is 0 Å². The van der Waals surface area contributed by atoms with E-state index in [2.05, 4.69) is 32.0 Å². The van der Waals surface area contributed by atoms with Crippen LogP contribution in [0.5, 0.6) is 0 Å². The summed E-state index contributed by atoms with van der Waals surface area (Å²) in [5.41, 5.74) is 9.88. The standard InChI is InChI=1S/C14H21NO/c1-10-3-4-11(2)13(7-10)14(15)9-16-8-12-5-6-12/h3-4,7,12,14H,5-6,8-9,15H2,1-2H3. The van der Waals surface area contributed by atoms with Gasteiger partial charge in [0, 0.05) is 6.61 Å². The molecule has 2 nitrogen and oxygen atoms in total. The molecule has 1 saturated carbocycles. The van der Waals surface area contributed by atoms with Gasteiger partial charge in [-0.2, -0.15) is 0 Å². The molecule has 0 heterocycles. The van der Waals surface area contributed by atoms with E-state index in [1.807, 2.05) is 0 Å². The Labute approximate surface area is 97.8 Å². The topological polar surface area (TPSA) is 35.2 Å². The molecule has 1 unspecified atom stereocenters. The van der Waals surface area contributed by atoms with Crippen LogP contribution in [0.2, 0.25) is 0 Å². The Bertz CT molecular complexity index is 358. The van der Waals surface area contributed by atoms with Crippen LogP contribution in [0.25, 0.3) is 0 Å². The first kappa shape index (κ1) is 11.6. The maximum Gasteiger partial charge on any atom is 0.0659 e. The van der Waals surface area contributed by atoms with Crippen molar-refractivity contribution in [2.45, 2.75) is 32.7 Å². The summed E-state index contributed by atoms with van der Waals surface area (Å²) in [6.07, 6.45) is 2.66. The van der Waals surface area contributed by atoms with E-state index >= 15 is 0 Å². The van der Waals surface area contributed by atoms with Crippen LogP contribution in [0.15, 0.2) is 18.2 Å². The SMILES string of the molecule is Cc1ccc(C)c(C(N)COCC2CC2)c1. The number of ether oxygens (including phenoxy) is 1. The zero-order valence-corrected chi connectivity index (χ0v) is 10.2. The lowest BCUT2D eigenvalue weighted by atomic mass is 10.00. The van der Waals surface area contributed by atoms with Crippen LogP contribution in [0.1, 0.15) is 35.6 Å². The predicted molar refractivity (Wildman–Crippen MR) is 66.4 cm³/mol. The summed E-state index contributed by atoms with van der Waals surface area (Å²) in [7, 11) is 0. The summed E-state index contributed by atoms with van der Waals surface area (Å²) in [6, 6.07) is 6.43. The van der Waals surface area contributed by atoms with Gasteiger partial charge in [0.25, 0.3) is 0 Å². The first-order valence-electron chi connectivity index (χ1n) is 6.07. The summed E-state index contributed by atoms with van der Waals surface area (Å²) in [5.74, 6) is 0.811. The second kappa shape index (κ2) is 4.98. The number of hydrogen-bond donors (Lipinski definition) is 1. The Morgan fingerprint density at radius 2 is 2.12 bits per heavy atom. The minimum Gasteiger partial charge on any atom is -0.379 e. The van der Waals surface area contributed by atoms with Gasteiger partial charge in [-0.05, 0) is 43.7 Å². The highest BCUT2D eigenvalue weighted by molar-refractivity contribution is 5.32. The Balaban J connectivity index is 1.90. The predicted octanol–water partition coefficient (Wildman–Crippen LogP) is 2.73. The Hall–Kier alpha value is -0.860. The molecular formula is C14H21NO. The van der Waals surface area contributed by atoms with Gasteiger partial charge < -0.3 is 10.5 Å². The lowest BCUT2D eigenvalue weighted by Gasteiger charge is -2.15. The first-order valence-corrected chi connectivity index (χ1v) is 6.07. The van der Waals surface area contributed by atoms with Crippen LogP contribution in [0, 0.1) is 19.8 Å². The van der Waals surface area contributed by atoms with Gasteiger partial charge in [-0.25, -0.2) is 0 Å². The van der Waals surface area contributed by atoms with Crippen LogP contribution < -0.4 is 5.73 Å². The van der Waals surface area contributed by atoms with E-state index in [-0.39, 0.29) is 6.04 Å². The molecule has 1 aromatic carbocycles. The fraction of sp³-hybridized carbons (Fsp3) is 0.571. The highest BCUT2D eigenvalue weighted by Gasteiger charge is 2.21. The highest BCUT2D eigenvalue weighted by Crippen LogP contribution is 2.29. The van der Waals surface area contributed by atoms with E-state index < -0.39 is 0 Å². The molecule has 1 aromatic rings. The molecule has 1 fully saturated rings. The quantitative estimate of drug-likeness (QED) is 0.826. The van der Waals surface area contributed by atoms with Crippen LogP contribution in [0.4, 0.5) is 0 Å². The third kappa shape index (κ3) is 3.06. The summed E-state index contributed by atoms with van der Waals surface area (Å²) < 4.78 is 5.64. The van der Waals surface area contributed by atoms with E-state index in [9.17, 15) is 0 Å². The van der Waals surface area contributed by atoms with Crippen LogP contribution in [-0.4, -0.2) is 13.2 Å². The van der Waals surface area contributed by atoms with Gasteiger partial charge in [0.1, 0.15) is 0 Å². The normalized spacial score (nSPS) is 17.4. The Morgan fingerprint density at radius 3 is 2.81 bits per heavy atom. The van der Waals surface area contributed by atoms with Crippen LogP contribution in [0.3, 0.4) is 0 Å². The van der Waals surface area contributed by atoms with Gasteiger partial charge in [0.2, 0.25) is 0 Å². The first-order chi connectivity index (χ1) is 7.66. The fourth-order valence-electron chi connectivity index (χ4n) is 1.90. The third-order valence-corrected chi connectivity index (χ3v) is 3.18. The summed E-state index contributed by atoms with van der Waals surface area (Å²) >= 11 is 0. The minimum absolute atomic E-state index is 0.0126. The molecule has 0 radical (unpaired) electrons. The molecule has 0 aliphatic heterocycles. The maximum absolute atomic E-state index is 6.15. The minimum atomic E-state index is 0.0126. The monoisotopic (exact) mass is 219 g/mol. The smallest absolute Gasteiger partial charge is 0.0659 e. The van der Waals surface area contributed by atoms with E-state index in [4.69, 9.17) is 10.5 Å². The fourth-order valence-corrected chi connectivity index (χ4v) is 1.90. The van der Waals surface area contributed by atoms with E-state index in [0.717, 1.165) is 12.5 Å². The largest absolute Gasteiger partial charge is 0.379 e. The van der Waals surface area contributed by atoms with Crippen LogP contribution in [-0.2, 0) is 4.74 Å². The van der Waals surface area contributed by atoms with E-state index in [1.54, 1.807) is 0 Å². The van der Waals surface area contributed by atoms with E-state index in [1.165, 1.54) is 29.5 Å². The lowest BCUT2D eigenvalue weighted by molar-refractivity contribution is 0.112. The van der Waals surface area contributed by atoms with Crippen molar-refractivity contribution in [3.63, 3.8) is 0 Å². The van der Waals surface area contributed by atoms with Crippen molar-refractivity contribution in [2.24, 2.45) is 11.7 Å². The third-order valence-electron chi connectivity index (χ3n) is 3.18. The number of benzene rings is 1. The number of hydrogen-bond acceptors (Lipinski definition) is 2. The molecule has 2 rings (SSSR count). The summed E-state index contributed by atoms with van der Waals surface area (Å²) in [6.45, 7) is 5.73. The molecule has 2 N–H and O–H groups in total. The molecule has 0 saturated heterocycles. The average molecular weight is 219 g/mol. The molecule has 2 heteroatoms. The zero-order valence-electron chi connectivity index (χ0n) is 10.2. The molecule has 1 aliphatic carbocycles. The second-order valence-corrected chi connectivity index (χ2v) is 4.95. The molecule has 0 bridgehead atoms. The second-order valence-electron chi connectivity index (χ2n) is 4.95. The molecule has 16 heavy (non-hydrogen) atoms.